The van der Waals surface area contributed by atoms with Crippen LogP contribution >= 0.6 is 0 Å². The van der Waals surface area contributed by atoms with E-state index in [2.05, 4.69) is 0 Å². The quantitative estimate of drug-likeness (QED) is 0.852. The zero-order valence-electron chi connectivity index (χ0n) is 11.8. The third kappa shape index (κ3) is 2.77. The molecule has 2 atom stereocenters. The number of benzene rings is 1. The Labute approximate surface area is 123 Å². The van der Waals surface area contributed by atoms with Gasteiger partial charge in [0.1, 0.15) is 0 Å². The lowest BCUT2D eigenvalue weighted by Crippen LogP contribution is -2.44. The second-order valence-electron chi connectivity index (χ2n) is 6.04. The maximum absolute atomic E-state index is 12.8. The lowest BCUT2D eigenvalue weighted by atomic mass is 9.80. The Balaban J connectivity index is 1.77. The Hall–Kier alpha value is -0.870. The number of ether oxygens (including phenoxy) is 1. The largest absolute Gasteiger partial charge is 0.398 e. The fourth-order valence-electron chi connectivity index (χ4n) is 3.55. The van der Waals surface area contributed by atoms with Crippen LogP contribution in [0.5, 0.6) is 0 Å². The van der Waals surface area contributed by atoms with E-state index >= 15 is 0 Å². The van der Waals surface area contributed by atoms with Crippen LogP contribution in [0.4, 0.5) is 5.69 Å². The minimum Gasteiger partial charge on any atom is -0.398 e. The molecule has 3 rings (SSSR count). The highest BCUT2D eigenvalue weighted by molar-refractivity contribution is 7.85. The molecule has 0 radical (unpaired) electrons. The van der Waals surface area contributed by atoms with E-state index < -0.39 is 10.8 Å². The molecule has 1 aromatic carbocycles. The average Bonchev–Trinajstić information content (AvgIpc) is 2.48. The second kappa shape index (κ2) is 5.86. The standard InChI is InChI=1S/C16H23NO2S/c17-14-6-2-3-7-15(14)20(18)13-8-11-19-16(12-13)9-4-1-5-10-16/h2-3,6-7,13H,1,4-5,8-12,17H2. The van der Waals surface area contributed by atoms with E-state index in [1.165, 1.54) is 19.3 Å². The first kappa shape index (κ1) is 14.1. The van der Waals surface area contributed by atoms with Crippen LogP contribution in [0.15, 0.2) is 29.2 Å². The van der Waals surface area contributed by atoms with Crippen molar-refractivity contribution in [2.24, 2.45) is 0 Å². The van der Waals surface area contributed by atoms with Crippen molar-refractivity contribution in [2.45, 2.75) is 60.7 Å². The van der Waals surface area contributed by atoms with Gasteiger partial charge in [-0.1, -0.05) is 31.4 Å². The topological polar surface area (TPSA) is 52.3 Å². The maximum atomic E-state index is 12.8. The molecule has 1 aliphatic carbocycles. The number of para-hydroxylation sites is 1. The van der Waals surface area contributed by atoms with Crippen LogP contribution in [0, 0.1) is 0 Å². The predicted octanol–water partition coefficient (Wildman–Crippen LogP) is 3.26. The zero-order chi connectivity index (χ0) is 14.0. The highest BCUT2D eigenvalue weighted by Crippen LogP contribution is 2.40. The van der Waals surface area contributed by atoms with Crippen LogP contribution in [-0.2, 0) is 15.5 Å². The van der Waals surface area contributed by atoms with Crippen molar-refractivity contribution in [1.82, 2.24) is 0 Å². The van der Waals surface area contributed by atoms with Crippen LogP contribution < -0.4 is 5.73 Å². The van der Waals surface area contributed by atoms with Crippen molar-refractivity contribution in [3.63, 3.8) is 0 Å². The smallest absolute Gasteiger partial charge is 0.0694 e. The number of hydrogen-bond donors (Lipinski definition) is 1. The Morgan fingerprint density at radius 3 is 2.70 bits per heavy atom. The summed E-state index contributed by atoms with van der Waals surface area (Å²) in [5.41, 5.74) is 6.62. The van der Waals surface area contributed by atoms with Crippen LogP contribution in [0.25, 0.3) is 0 Å². The lowest BCUT2D eigenvalue weighted by Gasteiger charge is -2.43. The number of anilines is 1. The zero-order valence-corrected chi connectivity index (χ0v) is 12.7. The fourth-order valence-corrected chi connectivity index (χ4v) is 5.19. The van der Waals surface area contributed by atoms with Crippen LogP contribution in [0.2, 0.25) is 0 Å². The van der Waals surface area contributed by atoms with Gasteiger partial charge in [0.05, 0.1) is 21.3 Å². The predicted molar refractivity (Wildman–Crippen MR) is 82.1 cm³/mol. The normalized spacial score (nSPS) is 27.3. The van der Waals surface area contributed by atoms with Crippen molar-refractivity contribution in [1.29, 1.82) is 0 Å². The van der Waals surface area contributed by atoms with E-state index in [4.69, 9.17) is 10.5 Å². The number of rotatable bonds is 2. The summed E-state index contributed by atoms with van der Waals surface area (Å²) in [7, 11) is -1.01. The Bertz CT molecular complexity index is 491. The summed E-state index contributed by atoms with van der Waals surface area (Å²) < 4.78 is 18.9. The number of nitrogens with two attached hydrogens (primary N) is 1. The minimum atomic E-state index is -1.01. The number of nitrogen functional groups attached to an aromatic ring is 1. The first-order valence-corrected chi connectivity index (χ1v) is 8.81. The van der Waals surface area contributed by atoms with E-state index in [0.29, 0.717) is 5.69 Å². The molecule has 1 heterocycles. The molecule has 3 nitrogen and oxygen atoms in total. The van der Waals surface area contributed by atoms with E-state index in [0.717, 1.165) is 37.2 Å². The van der Waals surface area contributed by atoms with Gasteiger partial charge in [-0.15, -0.1) is 0 Å². The van der Waals surface area contributed by atoms with Gasteiger partial charge in [-0.05, 0) is 37.8 Å². The molecule has 2 aliphatic rings. The van der Waals surface area contributed by atoms with Crippen molar-refractivity contribution in [2.75, 3.05) is 12.3 Å². The molecule has 110 valence electrons. The molecule has 4 heteroatoms. The van der Waals surface area contributed by atoms with E-state index in [1.807, 2.05) is 24.3 Å². The molecule has 1 saturated heterocycles. The third-order valence-electron chi connectivity index (χ3n) is 4.65. The van der Waals surface area contributed by atoms with Crippen molar-refractivity contribution >= 4 is 16.5 Å². The summed E-state index contributed by atoms with van der Waals surface area (Å²) in [6.07, 6.45) is 7.86. The average molecular weight is 293 g/mol. The first-order valence-electron chi connectivity index (χ1n) is 7.59. The van der Waals surface area contributed by atoms with Gasteiger partial charge in [0.2, 0.25) is 0 Å². The fraction of sp³-hybridized carbons (Fsp3) is 0.625. The van der Waals surface area contributed by atoms with Gasteiger partial charge in [-0.3, -0.25) is 4.21 Å². The molecule has 0 aromatic heterocycles. The van der Waals surface area contributed by atoms with E-state index in [9.17, 15) is 4.21 Å². The molecule has 2 fully saturated rings. The molecule has 1 aliphatic heterocycles. The molecule has 20 heavy (non-hydrogen) atoms. The summed E-state index contributed by atoms with van der Waals surface area (Å²) in [5.74, 6) is 0. The molecule has 1 saturated carbocycles. The second-order valence-corrected chi connectivity index (χ2v) is 7.74. The monoisotopic (exact) mass is 293 g/mol. The Kier molecular flexibility index (Phi) is 4.13. The van der Waals surface area contributed by atoms with Crippen molar-refractivity contribution in [3.05, 3.63) is 24.3 Å². The van der Waals surface area contributed by atoms with Gasteiger partial charge < -0.3 is 10.5 Å². The Morgan fingerprint density at radius 2 is 1.95 bits per heavy atom. The molecule has 2 unspecified atom stereocenters. The SMILES string of the molecule is Nc1ccccc1S(=O)C1CCOC2(CCCCC2)C1. The maximum Gasteiger partial charge on any atom is 0.0694 e. The van der Waals surface area contributed by atoms with Gasteiger partial charge in [-0.25, -0.2) is 0 Å². The van der Waals surface area contributed by atoms with Gasteiger partial charge in [0, 0.05) is 17.5 Å². The van der Waals surface area contributed by atoms with Gasteiger partial charge >= 0.3 is 0 Å². The Morgan fingerprint density at radius 1 is 1.20 bits per heavy atom. The summed E-state index contributed by atoms with van der Waals surface area (Å²) in [6, 6.07) is 7.54. The summed E-state index contributed by atoms with van der Waals surface area (Å²) in [4.78, 5) is 0.797. The molecule has 2 N–H and O–H groups in total. The summed E-state index contributed by atoms with van der Waals surface area (Å²) >= 11 is 0. The molecule has 0 amide bonds. The van der Waals surface area contributed by atoms with Gasteiger partial charge in [0.15, 0.2) is 0 Å². The van der Waals surface area contributed by atoms with E-state index in [1.54, 1.807) is 0 Å². The summed E-state index contributed by atoms with van der Waals surface area (Å²) in [6.45, 7) is 0.739. The molecule has 1 aromatic rings. The minimum absolute atomic E-state index is 0.000366. The summed E-state index contributed by atoms with van der Waals surface area (Å²) in [5, 5.41) is 0.187. The lowest BCUT2D eigenvalue weighted by molar-refractivity contribution is -0.0975. The highest BCUT2D eigenvalue weighted by Gasteiger charge is 2.40. The molecular weight excluding hydrogens is 270 g/mol. The molecule has 1 spiro atoms. The van der Waals surface area contributed by atoms with Crippen molar-refractivity contribution in [3.8, 4) is 0 Å². The van der Waals surface area contributed by atoms with Gasteiger partial charge in [0.25, 0.3) is 0 Å². The van der Waals surface area contributed by atoms with Gasteiger partial charge in [-0.2, -0.15) is 0 Å². The highest BCUT2D eigenvalue weighted by atomic mass is 32.2. The molecule has 0 bridgehead atoms. The third-order valence-corrected chi connectivity index (χ3v) is 6.46. The van der Waals surface area contributed by atoms with Crippen molar-refractivity contribution < 1.29 is 8.95 Å². The number of hydrogen-bond acceptors (Lipinski definition) is 3. The van der Waals surface area contributed by atoms with Crippen LogP contribution in [-0.4, -0.2) is 21.7 Å². The molecular formula is C16H23NO2S. The first-order chi connectivity index (χ1) is 9.70. The van der Waals surface area contributed by atoms with Crippen LogP contribution in [0.3, 0.4) is 0 Å². The van der Waals surface area contributed by atoms with E-state index in [-0.39, 0.29) is 10.9 Å². The van der Waals surface area contributed by atoms with Crippen LogP contribution in [0.1, 0.15) is 44.9 Å².